The molecule has 2 aromatic heterocycles. The molecule has 1 aromatic carbocycles. The SMILES string of the molecule is Nc1nc(N)c2c(Cc3cnccn3)cccc2n1. The largest absolute Gasteiger partial charge is 0.383 e. The van der Waals surface area contributed by atoms with Gasteiger partial charge in [0.25, 0.3) is 0 Å². The Balaban J connectivity index is 2.14. The van der Waals surface area contributed by atoms with Crippen LogP contribution in [0.2, 0.25) is 0 Å². The van der Waals surface area contributed by atoms with E-state index >= 15 is 0 Å². The first-order valence-electron chi connectivity index (χ1n) is 5.79. The predicted molar refractivity (Wildman–Crippen MR) is 73.2 cm³/mol. The van der Waals surface area contributed by atoms with Crippen LogP contribution in [0.1, 0.15) is 11.3 Å². The van der Waals surface area contributed by atoms with E-state index < -0.39 is 0 Å². The molecule has 19 heavy (non-hydrogen) atoms. The first-order valence-corrected chi connectivity index (χ1v) is 5.79. The molecule has 3 aromatic rings. The predicted octanol–water partition coefficient (Wildman–Crippen LogP) is 1.18. The van der Waals surface area contributed by atoms with E-state index in [4.69, 9.17) is 11.5 Å². The van der Waals surface area contributed by atoms with Gasteiger partial charge in [-0.15, -0.1) is 0 Å². The lowest BCUT2D eigenvalue weighted by atomic mass is 10.0. The number of benzene rings is 1. The van der Waals surface area contributed by atoms with Crippen LogP contribution in [0.4, 0.5) is 11.8 Å². The topological polar surface area (TPSA) is 104 Å². The van der Waals surface area contributed by atoms with Crippen LogP contribution < -0.4 is 11.5 Å². The highest BCUT2D eigenvalue weighted by Crippen LogP contribution is 2.24. The van der Waals surface area contributed by atoms with Crippen LogP contribution in [0.15, 0.2) is 36.8 Å². The second-order valence-corrected chi connectivity index (χ2v) is 4.15. The number of fused-ring (bicyclic) bond motifs is 1. The van der Waals surface area contributed by atoms with Gasteiger partial charge in [0, 0.05) is 30.4 Å². The zero-order valence-electron chi connectivity index (χ0n) is 10.1. The van der Waals surface area contributed by atoms with Gasteiger partial charge in [0.1, 0.15) is 5.82 Å². The second-order valence-electron chi connectivity index (χ2n) is 4.15. The Bertz CT molecular complexity index is 726. The molecule has 0 saturated heterocycles. The van der Waals surface area contributed by atoms with Crippen molar-refractivity contribution in [1.82, 2.24) is 19.9 Å². The lowest BCUT2D eigenvalue weighted by Crippen LogP contribution is -2.03. The van der Waals surface area contributed by atoms with E-state index in [0.29, 0.717) is 12.2 Å². The van der Waals surface area contributed by atoms with Crippen molar-refractivity contribution in [3.05, 3.63) is 48.0 Å². The van der Waals surface area contributed by atoms with Crippen molar-refractivity contribution in [3.8, 4) is 0 Å². The Morgan fingerprint density at radius 1 is 1.05 bits per heavy atom. The molecular weight excluding hydrogens is 240 g/mol. The summed E-state index contributed by atoms with van der Waals surface area (Å²) in [6.07, 6.45) is 5.67. The Hall–Kier alpha value is -2.76. The molecule has 6 heteroatoms. The van der Waals surface area contributed by atoms with Crippen molar-refractivity contribution in [1.29, 1.82) is 0 Å². The van der Waals surface area contributed by atoms with Gasteiger partial charge in [0.15, 0.2) is 0 Å². The highest BCUT2D eigenvalue weighted by atomic mass is 15.0. The quantitative estimate of drug-likeness (QED) is 0.709. The summed E-state index contributed by atoms with van der Waals surface area (Å²) >= 11 is 0. The summed E-state index contributed by atoms with van der Waals surface area (Å²) in [5, 5.41) is 0.822. The number of nitrogens with two attached hydrogens (primary N) is 2. The van der Waals surface area contributed by atoms with Crippen LogP contribution in [0.3, 0.4) is 0 Å². The molecule has 6 nitrogen and oxygen atoms in total. The van der Waals surface area contributed by atoms with E-state index in [-0.39, 0.29) is 5.95 Å². The van der Waals surface area contributed by atoms with Crippen LogP contribution in [-0.2, 0) is 6.42 Å². The number of rotatable bonds is 2. The summed E-state index contributed by atoms with van der Waals surface area (Å²) in [6, 6.07) is 5.76. The number of hydrogen-bond donors (Lipinski definition) is 2. The van der Waals surface area contributed by atoms with Gasteiger partial charge < -0.3 is 11.5 Å². The summed E-state index contributed by atoms with van der Waals surface area (Å²) in [4.78, 5) is 16.5. The Kier molecular flexibility index (Phi) is 2.68. The van der Waals surface area contributed by atoms with Gasteiger partial charge in [-0.1, -0.05) is 12.1 Å². The first kappa shape index (κ1) is 11.3. The molecule has 4 N–H and O–H groups in total. The lowest BCUT2D eigenvalue weighted by molar-refractivity contribution is 1.04. The first-order chi connectivity index (χ1) is 9.24. The molecule has 0 saturated carbocycles. The summed E-state index contributed by atoms with van der Waals surface area (Å²) in [7, 11) is 0. The Morgan fingerprint density at radius 3 is 2.74 bits per heavy atom. The third-order valence-electron chi connectivity index (χ3n) is 2.84. The van der Waals surface area contributed by atoms with Crippen molar-refractivity contribution < 1.29 is 0 Å². The minimum atomic E-state index is 0.182. The highest BCUT2D eigenvalue weighted by Gasteiger charge is 2.09. The van der Waals surface area contributed by atoms with Gasteiger partial charge in [-0.2, -0.15) is 4.98 Å². The average Bonchev–Trinajstić information content (AvgIpc) is 2.39. The molecule has 0 radical (unpaired) electrons. The second kappa shape index (κ2) is 4.49. The van der Waals surface area contributed by atoms with Gasteiger partial charge in [-0.05, 0) is 11.6 Å². The van der Waals surface area contributed by atoms with E-state index in [1.807, 2.05) is 18.2 Å². The maximum Gasteiger partial charge on any atom is 0.222 e. The summed E-state index contributed by atoms with van der Waals surface area (Å²) in [6.45, 7) is 0. The fourth-order valence-corrected chi connectivity index (χ4v) is 2.07. The van der Waals surface area contributed by atoms with Crippen LogP contribution in [0, 0.1) is 0 Å². The van der Waals surface area contributed by atoms with Crippen LogP contribution in [0.5, 0.6) is 0 Å². The van der Waals surface area contributed by atoms with Crippen LogP contribution in [-0.4, -0.2) is 19.9 Å². The molecule has 0 atom stereocenters. The number of hydrogen-bond acceptors (Lipinski definition) is 6. The molecule has 3 rings (SSSR count). The molecule has 2 heterocycles. The molecule has 0 bridgehead atoms. The molecule has 0 amide bonds. The third-order valence-corrected chi connectivity index (χ3v) is 2.84. The van der Waals surface area contributed by atoms with Crippen molar-refractivity contribution in [3.63, 3.8) is 0 Å². The van der Waals surface area contributed by atoms with Gasteiger partial charge in [-0.3, -0.25) is 9.97 Å². The van der Waals surface area contributed by atoms with Gasteiger partial charge in [0.05, 0.1) is 11.2 Å². The Morgan fingerprint density at radius 2 is 1.95 bits per heavy atom. The van der Waals surface area contributed by atoms with Crippen molar-refractivity contribution in [2.24, 2.45) is 0 Å². The summed E-state index contributed by atoms with van der Waals surface area (Å²) < 4.78 is 0. The van der Waals surface area contributed by atoms with E-state index in [1.165, 1.54) is 0 Å². The zero-order chi connectivity index (χ0) is 13.2. The molecule has 0 fully saturated rings. The maximum absolute atomic E-state index is 5.94. The average molecular weight is 252 g/mol. The third kappa shape index (κ3) is 2.15. The van der Waals surface area contributed by atoms with Gasteiger partial charge in [-0.25, -0.2) is 4.98 Å². The molecule has 0 spiro atoms. The fraction of sp³-hybridized carbons (Fsp3) is 0.0769. The number of nitrogens with zero attached hydrogens (tertiary/aromatic N) is 4. The fourth-order valence-electron chi connectivity index (χ4n) is 2.07. The smallest absolute Gasteiger partial charge is 0.222 e. The minimum absolute atomic E-state index is 0.182. The molecule has 0 aliphatic carbocycles. The van der Waals surface area contributed by atoms with Crippen molar-refractivity contribution >= 4 is 22.7 Å². The van der Waals surface area contributed by atoms with E-state index in [0.717, 1.165) is 22.2 Å². The van der Waals surface area contributed by atoms with Crippen molar-refractivity contribution in [2.75, 3.05) is 11.5 Å². The zero-order valence-corrected chi connectivity index (χ0v) is 10.1. The molecule has 94 valence electrons. The van der Waals surface area contributed by atoms with Crippen molar-refractivity contribution in [2.45, 2.75) is 6.42 Å². The summed E-state index contributed by atoms with van der Waals surface area (Å²) in [5.74, 6) is 0.573. The normalized spacial score (nSPS) is 10.7. The maximum atomic E-state index is 5.94. The molecule has 0 aliphatic rings. The van der Waals surface area contributed by atoms with E-state index in [9.17, 15) is 0 Å². The monoisotopic (exact) mass is 252 g/mol. The van der Waals surface area contributed by atoms with Gasteiger partial charge in [0.2, 0.25) is 5.95 Å². The highest BCUT2D eigenvalue weighted by molar-refractivity contribution is 5.92. The minimum Gasteiger partial charge on any atom is -0.383 e. The Labute approximate surface area is 109 Å². The lowest BCUT2D eigenvalue weighted by Gasteiger charge is -2.08. The molecule has 0 aliphatic heterocycles. The molecule has 0 unspecified atom stereocenters. The standard InChI is InChI=1S/C13H12N6/c14-12-11-8(6-9-7-16-4-5-17-9)2-1-3-10(11)18-13(15)19-12/h1-5,7H,6H2,(H4,14,15,18,19). The van der Waals surface area contributed by atoms with Crippen LogP contribution in [0.25, 0.3) is 10.9 Å². The van der Waals surface area contributed by atoms with Gasteiger partial charge >= 0.3 is 0 Å². The number of anilines is 2. The molecular formula is C13H12N6. The number of aromatic nitrogens is 4. The number of nitrogen functional groups attached to an aromatic ring is 2. The van der Waals surface area contributed by atoms with E-state index in [1.54, 1.807) is 18.6 Å². The van der Waals surface area contributed by atoms with E-state index in [2.05, 4.69) is 19.9 Å². The van der Waals surface area contributed by atoms with Crippen LogP contribution >= 0.6 is 0 Å². The summed E-state index contributed by atoms with van der Waals surface area (Å²) in [5.41, 5.74) is 14.2.